The van der Waals surface area contributed by atoms with E-state index in [1.165, 1.54) is 16.7 Å². The third-order valence-electron chi connectivity index (χ3n) is 2.70. The first-order chi connectivity index (χ1) is 8.63. The fraction of sp³-hybridized carbons (Fsp3) is 0.333. The summed E-state index contributed by atoms with van der Waals surface area (Å²) in [6.45, 7) is -0.0610. The molecule has 2 rings (SSSR count). The van der Waals surface area contributed by atoms with Crippen molar-refractivity contribution >= 4 is 23.6 Å². The van der Waals surface area contributed by atoms with Crippen LogP contribution in [-0.2, 0) is 9.59 Å². The summed E-state index contributed by atoms with van der Waals surface area (Å²) in [5, 5.41) is -0.207. The van der Waals surface area contributed by atoms with E-state index in [0.29, 0.717) is 11.5 Å². The second-order valence-electron chi connectivity index (χ2n) is 3.89. The maximum atomic E-state index is 11.7. The van der Waals surface area contributed by atoms with Crippen LogP contribution < -0.4 is 10.5 Å². The predicted octanol–water partition coefficient (Wildman–Crippen LogP) is 0.754. The lowest BCUT2D eigenvalue weighted by atomic mass is 10.2. The summed E-state index contributed by atoms with van der Waals surface area (Å²) in [7, 11) is 1.58. The summed E-state index contributed by atoms with van der Waals surface area (Å²) >= 11 is 1.47. The van der Waals surface area contributed by atoms with E-state index in [4.69, 9.17) is 10.5 Å². The molecule has 0 bridgehead atoms. The van der Waals surface area contributed by atoms with Crippen molar-refractivity contribution < 1.29 is 14.3 Å². The van der Waals surface area contributed by atoms with Gasteiger partial charge in [0.15, 0.2) is 0 Å². The smallest absolute Gasteiger partial charge is 0.237 e. The van der Waals surface area contributed by atoms with Crippen molar-refractivity contribution in [3.05, 3.63) is 29.8 Å². The molecular formula is C12H14N2O3S. The molecule has 1 unspecified atom stereocenters. The number of hydrogen-bond donors (Lipinski definition) is 1. The van der Waals surface area contributed by atoms with Crippen LogP contribution in [0.25, 0.3) is 0 Å². The monoisotopic (exact) mass is 266 g/mol. The number of carbonyl (C=O) groups is 2. The van der Waals surface area contributed by atoms with Crippen molar-refractivity contribution in [2.24, 2.45) is 5.73 Å². The van der Waals surface area contributed by atoms with Crippen molar-refractivity contribution in [1.29, 1.82) is 0 Å². The van der Waals surface area contributed by atoms with E-state index in [1.54, 1.807) is 7.11 Å². The number of rotatable bonds is 4. The number of hydrogen-bond acceptors (Lipinski definition) is 4. The summed E-state index contributed by atoms with van der Waals surface area (Å²) in [5.41, 5.74) is 6.06. The minimum absolute atomic E-state index is 0.0610. The zero-order valence-corrected chi connectivity index (χ0v) is 10.8. The Labute approximate surface area is 109 Å². The highest BCUT2D eigenvalue weighted by atomic mass is 32.2. The summed E-state index contributed by atoms with van der Waals surface area (Å²) in [5.74, 6) is 0.482. The van der Waals surface area contributed by atoms with Crippen molar-refractivity contribution in [2.45, 2.75) is 5.37 Å². The third-order valence-corrected chi connectivity index (χ3v) is 3.94. The third kappa shape index (κ3) is 2.43. The summed E-state index contributed by atoms with van der Waals surface area (Å²) in [6, 6.07) is 7.47. The Hall–Kier alpha value is -1.69. The Kier molecular flexibility index (Phi) is 3.76. The molecule has 1 fully saturated rings. The van der Waals surface area contributed by atoms with Crippen molar-refractivity contribution in [3.63, 3.8) is 0 Å². The fourth-order valence-corrected chi connectivity index (χ4v) is 3.13. The van der Waals surface area contributed by atoms with E-state index in [0.717, 1.165) is 5.56 Å². The maximum absolute atomic E-state index is 11.7. The largest absolute Gasteiger partial charge is 0.496 e. The zero-order chi connectivity index (χ0) is 13.1. The number of carbonyl (C=O) groups excluding carboxylic acids is 2. The van der Waals surface area contributed by atoms with Gasteiger partial charge < -0.3 is 15.4 Å². The molecule has 2 N–H and O–H groups in total. The van der Waals surface area contributed by atoms with Crippen molar-refractivity contribution in [1.82, 2.24) is 4.90 Å². The second-order valence-corrected chi connectivity index (χ2v) is 4.96. The fourth-order valence-electron chi connectivity index (χ4n) is 1.92. The van der Waals surface area contributed by atoms with Gasteiger partial charge in [0.2, 0.25) is 11.8 Å². The molecule has 1 aliphatic heterocycles. The number of thioether (sulfide) groups is 1. The van der Waals surface area contributed by atoms with E-state index >= 15 is 0 Å². The molecule has 6 heteroatoms. The van der Waals surface area contributed by atoms with Crippen LogP contribution in [0.15, 0.2) is 24.3 Å². The molecule has 1 aromatic rings. The van der Waals surface area contributed by atoms with Gasteiger partial charge in [-0.05, 0) is 6.07 Å². The number of nitrogens with zero attached hydrogens (tertiary/aromatic N) is 1. The average molecular weight is 266 g/mol. The Balaban J connectivity index is 2.31. The van der Waals surface area contributed by atoms with Crippen LogP contribution in [-0.4, -0.2) is 36.1 Å². The molecule has 0 saturated carbocycles. The van der Waals surface area contributed by atoms with Crippen LogP contribution in [0, 0.1) is 0 Å². The number of nitrogens with two attached hydrogens (primary N) is 1. The minimum Gasteiger partial charge on any atom is -0.496 e. The molecule has 1 aliphatic rings. The highest BCUT2D eigenvalue weighted by molar-refractivity contribution is 8.00. The SMILES string of the molecule is COc1ccccc1C1SCC(=O)N1CC(N)=O. The first kappa shape index (κ1) is 12.8. The molecule has 1 atom stereocenters. The lowest BCUT2D eigenvalue weighted by Gasteiger charge is -2.24. The molecular weight excluding hydrogens is 252 g/mol. The minimum atomic E-state index is -0.509. The van der Waals surface area contributed by atoms with Crippen molar-refractivity contribution in [2.75, 3.05) is 19.4 Å². The molecule has 18 heavy (non-hydrogen) atoms. The lowest BCUT2D eigenvalue weighted by molar-refractivity contribution is -0.132. The van der Waals surface area contributed by atoms with Crippen LogP contribution in [0.2, 0.25) is 0 Å². The van der Waals surface area contributed by atoms with E-state index < -0.39 is 5.91 Å². The van der Waals surface area contributed by atoms with Gasteiger partial charge in [-0.15, -0.1) is 11.8 Å². The van der Waals surface area contributed by atoms with Crippen LogP contribution in [0.5, 0.6) is 5.75 Å². The number of ether oxygens (including phenoxy) is 1. The summed E-state index contributed by atoms with van der Waals surface area (Å²) < 4.78 is 5.28. The Morgan fingerprint density at radius 2 is 2.28 bits per heavy atom. The van der Waals surface area contributed by atoms with Gasteiger partial charge >= 0.3 is 0 Å². The van der Waals surface area contributed by atoms with Gasteiger partial charge in [0.05, 0.1) is 12.9 Å². The molecule has 96 valence electrons. The molecule has 0 spiro atoms. The van der Waals surface area contributed by atoms with E-state index in [9.17, 15) is 9.59 Å². The normalized spacial score (nSPS) is 19.1. The lowest BCUT2D eigenvalue weighted by Crippen LogP contribution is -2.36. The Morgan fingerprint density at radius 3 is 2.94 bits per heavy atom. The van der Waals surface area contributed by atoms with Crippen molar-refractivity contribution in [3.8, 4) is 5.75 Å². The standard InChI is InChI=1S/C12H14N2O3S/c1-17-9-5-3-2-4-8(9)12-14(6-10(13)15)11(16)7-18-12/h2-5,12H,6-7H2,1H3,(H2,13,15). The van der Waals surface area contributed by atoms with E-state index in [1.807, 2.05) is 24.3 Å². The summed E-state index contributed by atoms with van der Waals surface area (Å²) in [6.07, 6.45) is 0. The number of primary amides is 1. The van der Waals surface area contributed by atoms with Gasteiger partial charge in [-0.2, -0.15) is 0 Å². The molecule has 0 radical (unpaired) electrons. The summed E-state index contributed by atoms with van der Waals surface area (Å²) in [4.78, 5) is 24.3. The van der Waals surface area contributed by atoms with E-state index in [-0.39, 0.29) is 17.8 Å². The molecule has 1 saturated heterocycles. The van der Waals surface area contributed by atoms with Crippen LogP contribution >= 0.6 is 11.8 Å². The van der Waals surface area contributed by atoms with Crippen LogP contribution in [0.3, 0.4) is 0 Å². The second kappa shape index (κ2) is 5.30. The van der Waals surface area contributed by atoms with Crippen LogP contribution in [0.1, 0.15) is 10.9 Å². The number of amides is 2. The van der Waals surface area contributed by atoms with E-state index in [2.05, 4.69) is 0 Å². The van der Waals surface area contributed by atoms with Gasteiger partial charge in [0, 0.05) is 5.56 Å². The Morgan fingerprint density at radius 1 is 1.56 bits per heavy atom. The Bertz CT molecular complexity index is 478. The van der Waals surface area contributed by atoms with Gasteiger partial charge in [-0.3, -0.25) is 9.59 Å². The molecule has 5 nitrogen and oxygen atoms in total. The maximum Gasteiger partial charge on any atom is 0.237 e. The molecule has 2 amide bonds. The number of benzene rings is 1. The van der Waals surface area contributed by atoms with Gasteiger partial charge in [0.25, 0.3) is 0 Å². The highest BCUT2D eigenvalue weighted by Crippen LogP contribution is 2.41. The number of methoxy groups -OCH3 is 1. The topological polar surface area (TPSA) is 72.6 Å². The van der Waals surface area contributed by atoms with Gasteiger partial charge in [-0.1, -0.05) is 18.2 Å². The zero-order valence-electron chi connectivity index (χ0n) is 9.96. The first-order valence-corrected chi connectivity index (χ1v) is 6.50. The molecule has 1 aromatic carbocycles. The quantitative estimate of drug-likeness (QED) is 0.873. The predicted molar refractivity (Wildman–Crippen MR) is 69.1 cm³/mol. The van der Waals surface area contributed by atoms with Gasteiger partial charge in [-0.25, -0.2) is 0 Å². The molecule has 0 aromatic heterocycles. The van der Waals surface area contributed by atoms with Gasteiger partial charge in [0.1, 0.15) is 17.7 Å². The molecule has 1 heterocycles. The average Bonchev–Trinajstić information content (AvgIpc) is 2.70. The number of para-hydroxylation sites is 1. The highest BCUT2D eigenvalue weighted by Gasteiger charge is 2.35. The molecule has 0 aliphatic carbocycles. The van der Waals surface area contributed by atoms with Crippen LogP contribution in [0.4, 0.5) is 0 Å². The first-order valence-electron chi connectivity index (χ1n) is 5.45.